The Labute approximate surface area is 99.6 Å². The lowest BCUT2D eigenvalue weighted by atomic mass is 10.1. The molecule has 16 heavy (non-hydrogen) atoms. The number of halogens is 1. The summed E-state index contributed by atoms with van der Waals surface area (Å²) in [6, 6.07) is 4.84. The van der Waals surface area contributed by atoms with E-state index in [9.17, 15) is 4.79 Å². The number of carbonyl (C=O) groups is 1. The molecule has 0 aliphatic carbocycles. The molecule has 0 bridgehead atoms. The fourth-order valence-corrected chi connectivity index (χ4v) is 1.52. The van der Waals surface area contributed by atoms with Crippen molar-refractivity contribution in [1.29, 1.82) is 0 Å². The van der Waals surface area contributed by atoms with Gasteiger partial charge in [-0.3, -0.25) is 0 Å². The van der Waals surface area contributed by atoms with Crippen LogP contribution < -0.4 is 0 Å². The van der Waals surface area contributed by atoms with Crippen molar-refractivity contribution in [2.75, 3.05) is 13.7 Å². The third-order valence-corrected chi connectivity index (χ3v) is 2.32. The van der Waals surface area contributed by atoms with E-state index in [1.807, 2.05) is 6.92 Å². The summed E-state index contributed by atoms with van der Waals surface area (Å²) in [5.74, 6) is 0.0689. The standard InChI is InChI=1S/C12H13ClO3/c1-4-16-8(2)10-6-5-9(7-11(10)13)12(14)15-3/h5-7H,2,4H2,1,3H3. The molecule has 0 aliphatic heterocycles. The first-order valence-electron chi connectivity index (χ1n) is 4.80. The zero-order valence-electron chi connectivity index (χ0n) is 9.25. The maximum Gasteiger partial charge on any atom is 0.337 e. The van der Waals surface area contributed by atoms with Crippen LogP contribution in [-0.4, -0.2) is 19.7 Å². The lowest BCUT2D eigenvalue weighted by Crippen LogP contribution is -2.01. The van der Waals surface area contributed by atoms with E-state index < -0.39 is 5.97 Å². The molecular formula is C12H13ClO3. The van der Waals surface area contributed by atoms with Gasteiger partial charge in [0.1, 0.15) is 5.76 Å². The maximum absolute atomic E-state index is 11.2. The number of ether oxygens (including phenoxy) is 2. The Morgan fingerprint density at radius 1 is 1.50 bits per heavy atom. The third kappa shape index (κ3) is 2.76. The van der Waals surface area contributed by atoms with Gasteiger partial charge in [-0.05, 0) is 25.1 Å². The van der Waals surface area contributed by atoms with Crippen molar-refractivity contribution in [3.8, 4) is 0 Å². The van der Waals surface area contributed by atoms with Crippen LogP contribution in [0.3, 0.4) is 0 Å². The zero-order chi connectivity index (χ0) is 12.1. The van der Waals surface area contributed by atoms with E-state index in [1.54, 1.807) is 12.1 Å². The van der Waals surface area contributed by atoms with Crippen LogP contribution in [0.2, 0.25) is 5.02 Å². The van der Waals surface area contributed by atoms with E-state index in [2.05, 4.69) is 11.3 Å². The molecule has 0 heterocycles. The number of carbonyl (C=O) groups excluding carboxylic acids is 1. The number of benzene rings is 1. The molecule has 1 aromatic rings. The van der Waals surface area contributed by atoms with Gasteiger partial charge in [-0.1, -0.05) is 18.2 Å². The fraction of sp³-hybridized carbons (Fsp3) is 0.250. The quantitative estimate of drug-likeness (QED) is 0.599. The van der Waals surface area contributed by atoms with Gasteiger partial charge in [-0.25, -0.2) is 4.79 Å². The van der Waals surface area contributed by atoms with Crippen molar-refractivity contribution in [2.45, 2.75) is 6.92 Å². The molecule has 86 valence electrons. The van der Waals surface area contributed by atoms with Crippen LogP contribution in [0, 0.1) is 0 Å². The van der Waals surface area contributed by atoms with Gasteiger partial charge in [0.25, 0.3) is 0 Å². The molecule has 1 aromatic carbocycles. The maximum atomic E-state index is 11.2. The molecule has 0 atom stereocenters. The van der Waals surface area contributed by atoms with Crippen LogP contribution in [0.1, 0.15) is 22.8 Å². The molecule has 0 aliphatic rings. The SMILES string of the molecule is C=C(OCC)c1ccc(C(=O)OC)cc1Cl. The lowest BCUT2D eigenvalue weighted by molar-refractivity contribution is 0.0600. The van der Waals surface area contributed by atoms with Gasteiger partial charge >= 0.3 is 5.97 Å². The van der Waals surface area contributed by atoms with Gasteiger partial charge in [-0.15, -0.1) is 0 Å². The molecule has 0 radical (unpaired) electrons. The van der Waals surface area contributed by atoms with E-state index in [-0.39, 0.29) is 0 Å². The highest BCUT2D eigenvalue weighted by molar-refractivity contribution is 6.32. The second-order valence-corrected chi connectivity index (χ2v) is 3.45. The number of hydrogen-bond acceptors (Lipinski definition) is 3. The van der Waals surface area contributed by atoms with Crippen LogP contribution in [0.25, 0.3) is 5.76 Å². The first-order chi connectivity index (χ1) is 7.60. The summed E-state index contributed by atoms with van der Waals surface area (Å²) in [4.78, 5) is 11.2. The normalized spacial score (nSPS) is 9.69. The Balaban J connectivity index is 3.00. The number of methoxy groups -OCH3 is 1. The number of esters is 1. The molecule has 0 saturated heterocycles. The van der Waals surface area contributed by atoms with Crippen molar-refractivity contribution in [3.63, 3.8) is 0 Å². The van der Waals surface area contributed by atoms with Crippen LogP contribution in [0.4, 0.5) is 0 Å². The van der Waals surface area contributed by atoms with Crippen LogP contribution in [0.15, 0.2) is 24.8 Å². The van der Waals surface area contributed by atoms with Crippen molar-refractivity contribution >= 4 is 23.3 Å². The lowest BCUT2D eigenvalue weighted by Gasteiger charge is -2.09. The molecule has 0 aromatic heterocycles. The van der Waals surface area contributed by atoms with Crippen molar-refractivity contribution in [3.05, 3.63) is 40.9 Å². The Morgan fingerprint density at radius 3 is 2.69 bits per heavy atom. The minimum Gasteiger partial charge on any atom is -0.494 e. The van der Waals surface area contributed by atoms with Gasteiger partial charge in [0.05, 0.1) is 24.3 Å². The van der Waals surface area contributed by atoms with Crippen LogP contribution >= 0.6 is 11.6 Å². The summed E-state index contributed by atoms with van der Waals surface area (Å²) >= 11 is 6.01. The Morgan fingerprint density at radius 2 is 2.19 bits per heavy atom. The van der Waals surface area contributed by atoms with Crippen molar-refractivity contribution in [1.82, 2.24) is 0 Å². The van der Waals surface area contributed by atoms with Gasteiger partial charge in [-0.2, -0.15) is 0 Å². The minimum atomic E-state index is -0.421. The van der Waals surface area contributed by atoms with Crippen LogP contribution in [0.5, 0.6) is 0 Å². The first-order valence-corrected chi connectivity index (χ1v) is 5.17. The number of rotatable bonds is 4. The third-order valence-electron chi connectivity index (χ3n) is 2.01. The smallest absolute Gasteiger partial charge is 0.337 e. The molecule has 1 rings (SSSR count). The highest BCUT2D eigenvalue weighted by Crippen LogP contribution is 2.25. The largest absolute Gasteiger partial charge is 0.494 e. The topological polar surface area (TPSA) is 35.5 Å². The average molecular weight is 241 g/mol. The van der Waals surface area contributed by atoms with Gasteiger partial charge < -0.3 is 9.47 Å². The zero-order valence-corrected chi connectivity index (χ0v) is 10.0. The van der Waals surface area contributed by atoms with E-state index in [1.165, 1.54) is 13.2 Å². The summed E-state index contributed by atoms with van der Waals surface area (Å²) in [5.41, 5.74) is 1.08. The molecule has 0 amide bonds. The second-order valence-electron chi connectivity index (χ2n) is 3.04. The van der Waals surface area contributed by atoms with E-state index in [0.717, 1.165) is 0 Å². The van der Waals surface area contributed by atoms with Crippen molar-refractivity contribution < 1.29 is 14.3 Å². The molecule has 0 fully saturated rings. The predicted octanol–water partition coefficient (Wildman–Crippen LogP) is 3.13. The molecule has 4 heteroatoms. The summed E-state index contributed by atoms with van der Waals surface area (Å²) in [5, 5.41) is 0.418. The summed E-state index contributed by atoms with van der Waals surface area (Å²) in [7, 11) is 1.32. The highest BCUT2D eigenvalue weighted by atomic mass is 35.5. The van der Waals surface area contributed by atoms with Crippen molar-refractivity contribution in [2.24, 2.45) is 0 Å². The monoisotopic (exact) mass is 240 g/mol. The second kappa shape index (κ2) is 5.56. The van der Waals surface area contributed by atoms with E-state index >= 15 is 0 Å². The van der Waals surface area contributed by atoms with Gasteiger partial charge in [0.15, 0.2) is 0 Å². The Bertz CT molecular complexity index is 413. The predicted molar refractivity (Wildman–Crippen MR) is 63.5 cm³/mol. The van der Waals surface area contributed by atoms with E-state index in [4.69, 9.17) is 16.3 Å². The summed E-state index contributed by atoms with van der Waals surface area (Å²) < 4.78 is 9.83. The molecule has 0 saturated carbocycles. The Kier molecular flexibility index (Phi) is 4.38. The summed E-state index contributed by atoms with van der Waals surface area (Å²) in [6.45, 7) is 6.13. The minimum absolute atomic E-state index is 0.403. The average Bonchev–Trinajstić information content (AvgIpc) is 2.28. The molecule has 3 nitrogen and oxygen atoms in total. The van der Waals surface area contributed by atoms with E-state index in [0.29, 0.717) is 28.5 Å². The molecule has 0 spiro atoms. The summed E-state index contributed by atoms with van der Waals surface area (Å²) in [6.07, 6.45) is 0. The first kappa shape index (κ1) is 12.6. The van der Waals surface area contributed by atoms with Crippen LogP contribution in [-0.2, 0) is 9.47 Å². The highest BCUT2D eigenvalue weighted by Gasteiger charge is 2.10. The molecule has 0 N–H and O–H groups in total. The molecular weight excluding hydrogens is 228 g/mol. The Hall–Kier alpha value is -1.48. The molecule has 0 unspecified atom stereocenters. The van der Waals surface area contributed by atoms with Gasteiger partial charge in [0.2, 0.25) is 0 Å². The van der Waals surface area contributed by atoms with Gasteiger partial charge in [0, 0.05) is 5.56 Å². The fourth-order valence-electron chi connectivity index (χ4n) is 1.24. The number of hydrogen-bond donors (Lipinski definition) is 0.